The van der Waals surface area contributed by atoms with Gasteiger partial charge in [0.05, 0.1) is 6.61 Å². The number of hydrogen-bond acceptors (Lipinski definition) is 2. The van der Waals surface area contributed by atoms with E-state index in [1.54, 1.807) is 4.90 Å². The Hall–Kier alpha value is -2.79. The van der Waals surface area contributed by atoms with Gasteiger partial charge in [0, 0.05) is 36.7 Å². The molecule has 5 nitrogen and oxygen atoms in total. The van der Waals surface area contributed by atoms with Crippen molar-refractivity contribution < 1.29 is 9.90 Å². The molecule has 0 aliphatic carbocycles. The molecule has 0 aliphatic rings. The third-order valence-electron chi connectivity index (χ3n) is 4.22. The molecule has 0 fully saturated rings. The minimum atomic E-state index is -0.155. The first-order valence-corrected chi connectivity index (χ1v) is 8.50. The average Bonchev–Trinajstić information content (AvgIpc) is 3.05. The van der Waals surface area contributed by atoms with Crippen LogP contribution in [0.15, 0.2) is 60.8 Å². The van der Waals surface area contributed by atoms with Gasteiger partial charge in [-0.15, -0.1) is 0 Å². The first-order valence-electron chi connectivity index (χ1n) is 8.50. The molecule has 0 atom stereocenters. The van der Waals surface area contributed by atoms with Crippen LogP contribution in [-0.2, 0) is 13.0 Å². The molecule has 3 rings (SSSR count). The van der Waals surface area contributed by atoms with Crippen molar-refractivity contribution in [3.63, 3.8) is 0 Å². The molecule has 3 aromatic rings. The van der Waals surface area contributed by atoms with Crippen LogP contribution in [0.4, 0.5) is 4.79 Å². The molecule has 2 amide bonds. The lowest BCUT2D eigenvalue weighted by atomic mass is 10.1. The molecule has 130 valence electrons. The van der Waals surface area contributed by atoms with Crippen LogP contribution in [0.3, 0.4) is 0 Å². The Morgan fingerprint density at radius 3 is 2.64 bits per heavy atom. The molecular formula is C20H23N3O2. The number of carbonyl (C=O) groups excluding carboxylic acids is 1. The van der Waals surface area contributed by atoms with E-state index >= 15 is 0 Å². The lowest BCUT2D eigenvalue weighted by molar-refractivity contribution is 0.174. The topological polar surface area (TPSA) is 68.4 Å². The second-order valence-electron chi connectivity index (χ2n) is 5.97. The highest BCUT2D eigenvalue weighted by Gasteiger charge is 2.13. The van der Waals surface area contributed by atoms with Crippen LogP contribution in [0.25, 0.3) is 10.9 Å². The van der Waals surface area contributed by atoms with Crippen molar-refractivity contribution >= 4 is 16.9 Å². The average molecular weight is 337 g/mol. The first-order chi connectivity index (χ1) is 12.3. The summed E-state index contributed by atoms with van der Waals surface area (Å²) < 4.78 is 0. The minimum absolute atomic E-state index is 0.0529. The van der Waals surface area contributed by atoms with Gasteiger partial charge >= 0.3 is 6.03 Å². The van der Waals surface area contributed by atoms with Crippen LogP contribution in [0.5, 0.6) is 0 Å². The number of hydrogen-bond donors (Lipinski definition) is 3. The number of aliphatic hydroxyl groups excluding tert-OH is 1. The minimum Gasteiger partial charge on any atom is -0.395 e. The molecular weight excluding hydrogens is 314 g/mol. The number of aromatic nitrogens is 1. The summed E-state index contributed by atoms with van der Waals surface area (Å²) in [5.41, 5.74) is 3.34. The Morgan fingerprint density at radius 2 is 1.84 bits per heavy atom. The quantitative estimate of drug-likeness (QED) is 0.620. The largest absolute Gasteiger partial charge is 0.395 e. The number of aliphatic hydroxyl groups is 1. The van der Waals surface area contributed by atoms with Crippen LogP contribution in [0.1, 0.15) is 11.1 Å². The number of carbonyl (C=O) groups is 1. The Kier molecular flexibility index (Phi) is 5.69. The van der Waals surface area contributed by atoms with Crippen molar-refractivity contribution in [1.82, 2.24) is 15.2 Å². The SMILES string of the molecule is O=C(NCCc1c[nH]c2ccccc12)N(CCO)Cc1ccccc1. The Labute approximate surface area is 147 Å². The number of para-hydroxylation sites is 1. The Morgan fingerprint density at radius 1 is 1.08 bits per heavy atom. The van der Waals surface area contributed by atoms with Crippen LogP contribution in [0.2, 0.25) is 0 Å². The molecule has 0 bridgehead atoms. The zero-order chi connectivity index (χ0) is 17.5. The van der Waals surface area contributed by atoms with Crippen LogP contribution in [0, 0.1) is 0 Å². The number of benzene rings is 2. The molecule has 25 heavy (non-hydrogen) atoms. The molecule has 1 heterocycles. The Balaban J connectivity index is 1.56. The molecule has 0 spiro atoms. The number of amides is 2. The molecule has 0 unspecified atom stereocenters. The second-order valence-corrected chi connectivity index (χ2v) is 5.97. The van der Waals surface area contributed by atoms with Gasteiger partial charge < -0.3 is 20.3 Å². The van der Waals surface area contributed by atoms with E-state index in [1.807, 2.05) is 54.7 Å². The van der Waals surface area contributed by atoms with Crippen molar-refractivity contribution in [2.75, 3.05) is 19.7 Å². The van der Waals surface area contributed by atoms with Crippen molar-refractivity contribution in [2.45, 2.75) is 13.0 Å². The Bertz CT molecular complexity index is 814. The zero-order valence-electron chi connectivity index (χ0n) is 14.1. The maximum atomic E-state index is 12.4. The van der Waals surface area contributed by atoms with E-state index in [0.29, 0.717) is 19.6 Å². The van der Waals surface area contributed by atoms with E-state index in [9.17, 15) is 9.90 Å². The smallest absolute Gasteiger partial charge is 0.317 e. The normalized spacial score (nSPS) is 10.8. The van der Waals surface area contributed by atoms with Crippen molar-refractivity contribution in [1.29, 1.82) is 0 Å². The molecule has 5 heteroatoms. The number of nitrogens with zero attached hydrogens (tertiary/aromatic N) is 1. The second kappa shape index (κ2) is 8.35. The third-order valence-corrected chi connectivity index (χ3v) is 4.22. The van der Waals surface area contributed by atoms with Gasteiger partial charge in [0.25, 0.3) is 0 Å². The van der Waals surface area contributed by atoms with E-state index in [-0.39, 0.29) is 12.6 Å². The highest BCUT2D eigenvalue weighted by Crippen LogP contribution is 2.17. The number of rotatable bonds is 7. The maximum absolute atomic E-state index is 12.4. The zero-order valence-corrected chi connectivity index (χ0v) is 14.1. The fourth-order valence-electron chi connectivity index (χ4n) is 2.93. The number of nitrogens with one attached hydrogen (secondary N) is 2. The summed E-state index contributed by atoms with van der Waals surface area (Å²) >= 11 is 0. The van der Waals surface area contributed by atoms with Crippen LogP contribution in [-0.4, -0.2) is 40.7 Å². The third kappa shape index (κ3) is 4.39. The van der Waals surface area contributed by atoms with Gasteiger partial charge in [-0.2, -0.15) is 0 Å². The van der Waals surface area contributed by atoms with Crippen LogP contribution >= 0.6 is 0 Å². The summed E-state index contributed by atoms with van der Waals surface area (Å²) in [6, 6.07) is 17.8. The van der Waals surface area contributed by atoms with Crippen molar-refractivity contribution in [3.05, 3.63) is 71.9 Å². The molecule has 3 N–H and O–H groups in total. The van der Waals surface area contributed by atoms with Gasteiger partial charge in [0.1, 0.15) is 0 Å². The summed E-state index contributed by atoms with van der Waals surface area (Å²) in [4.78, 5) is 17.3. The number of urea groups is 1. The lowest BCUT2D eigenvalue weighted by Gasteiger charge is -2.22. The van der Waals surface area contributed by atoms with Gasteiger partial charge in [-0.25, -0.2) is 4.79 Å². The summed E-state index contributed by atoms with van der Waals surface area (Å²) in [6.45, 7) is 1.30. The number of aromatic amines is 1. The van der Waals surface area contributed by atoms with E-state index in [2.05, 4.69) is 16.4 Å². The van der Waals surface area contributed by atoms with Gasteiger partial charge in [-0.3, -0.25) is 0 Å². The monoisotopic (exact) mass is 337 g/mol. The molecule has 0 aliphatic heterocycles. The number of H-pyrrole nitrogens is 1. The summed E-state index contributed by atoms with van der Waals surface area (Å²) in [5, 5.41) is 13.4. The summed E-state index contributed by atoms with van der Waals surface area (Å²) in [7, 11) is 0. The fourth-order valence-corrected chi connectivity index (χ4v) is 2.93. The van der Waals surface area contributed by atoms with E-state index in [1.165, 1.54) is 10.9 Å². The lowest BCUT2D eigenvalue weighted by Crippen LogP contribution is -2.41. The summed E-state index contributed by atoms with van der Waals surface area (Å²) in [5.74, 6) is 0. The van der Waals surface area contributed by atoms with E-state index in [4.69, 9.17) is 0 Å². The summed E-state index contributed by atoms with van der Waals surface area (Å²) in [6.07, 6.45) is 2.75. The molecule has 0 radical (unpaired) electrons. The number of fused-ring (bicyclic) bond motifs is 1. The van der Waals surface area contributed by atoms with Crippen molar-refractivity contribution in [2.24, 2.45) is 0 Å². The molecule has 1 aromatic heterocycles. The highest BCUT2D eigenvalue weighted by molar-refractivity contribution is 5.83. The molecule has 2 aromatic carbocycles. The molecule has 0 saturated carbocycles. The van der Waals surface area contributed by atoms with E-state index < -0.39 is 0 Å². The predicted molar refractivity (Wildman–Crippen MR) is 99.3 cm³/mol. The van der Waals surface area contributed by atoms with Gasteiger partial charge in [-0.1, -0.05) is 48.5 Å². The van der Waals surface area contributed by atoms with Crippen LogP contribution < -0.4 is 5.32 Å². The maximum Gasteiger partial charge on any atom is 0.317 e. The van der Waals surface area contributed by atoms with Gasteiger partial charge in [-0.05, 0) is 23.6 Å². The molecule has 0 saturated heterocycles. The standard InChI is InChI=1S/C20H23N3O2/c24-13-12-23(15-16-6-2-1-3-7-16)20(25)21-11-10-17-14-22-19-9-5-4-8-18(17)19/h1-9,14,22,24H,10-13,15H2,(H,21,25). The predicted octanol–water partition coefficient (Wildman–Crippen LogP) is 2.91. The highest BCUT2D eigenvalue weighted by atomic mass is 16.3. The van der Waals surface area contributed by atoms with E-state index in [0.717, 1.165) is 17.5 Å². The van der Waals surface area contributed by atoms with Gasteiger partial charge in [0.2, 0.25) is 0 Å². The fraction of sp³-hybridized carbons (Fsp3) is 0.250. The van der Waals surface area contributed by atoms with Gasteiger partial charge in [0.15, 0.2) is 0 Å². The first kappa shape index (κ1) is 17.0. The van der Waals surface area contributed by atoms with Crippen molar-refractivity contribution in [3.8, 4) is 0 Å².